The second-order valence-electron chi connectivity index (χ2n) is 9.81. The zero-order valence-corrected chi connectivity index (χ0v) is 18.3. The number of nitro groups is 3. The number of hydrogen-bond acceptors (Lipinski definition) is 8. The molecule has 1 amide bonds. The second kappa shape index (κ2) is 7.57. The lowest BCUT2D eigenvalue weighted by Crippen LogP contribution is -2.52. The van der Waals surface area contributed by atoms with Crippen LogP contribution in [0.2, 0.25) is 0 Å². The zero-order valence-electron chi connectivity index (χ0n) is 18.3. The van der Waals surface area contributed by atoms with E-state index in [4.69, 9.17) is 0 Å². The molecule has 178 valence electrons. The summed E-state index contributed by atoms with van der Waals surface area (Å²) in [6.45, 7) is 1.24. The highest BCUT2D eigenvalue weighted by Gasteiger charge is 2.53. The first-order chi connectivity index (χ1) is 16.1. The number of hydrogen-bond donors (Lipinski definition) is 1. The Balaban J connectivity index is 1.50. The van der Waals surface area contributed by atoms with Crippen LogP contribution in [-0.2, 0) is 5.54 Å². The predicted molar refractivity (Wildman–Crippen MR) is 117 cm³/mol. The SMILES string of the molecule is Cc1c([N+](=O)[O-])cc(NC(=O)c2nn(C34CC5CC(CC(C5)C3)C4)cc2[N+](=O)[O-])cc1[N+](=O)[O-]. The van der Waals surface area contributed by atoms with E-state index in [0.717, 1.165) is 31.4 Å². The number of nitrogens with one attached hydrogen (secondary N) is 1. The molecule has 1 N–H and O–H groups in total. The van der Waals surface area contributed by atoms with E-state index in [2.05, 4.69) is 10.4 Å². The molecule has 34 heavy (non-hydrogen) atoms. The molecule has 13 heteroatoms. The Morgan fingerprint density at radius 3 is 1.85 bits per heavy atom. The van der Waals surface area contributed by atoms with Crippen LogP contribution in [0.15, 0.2) is 18.3 Å². The van der Waals surface area contributed by atoms with Crippen molar-refractivity contribution in [1.82, 2.24) is 9.78 Å². The van der Waals surface area contributed by atoms with Crippen LogP contribution in [0.25, 0.3) is 0 Å². The lowest BCUT2D eigenvalue weighted by atomic mass is 9.53. The summed E-state index contributed by atoms with van der Waals surface area (Å²) in [7, 11) is 0. The monoisotopic (exact) mass is 470 g/mol. The summed E-state index contributed by atoms with van der Waals surface area (Å²) < 4.78 is 1.59. The maximum absolute atomic E-state index is 13.0. The highest BCUT2D eigenvalue weighted by Crippen LogP contribution is 2.58. The topological polar surface area (TPSA) is 176 Å². The Morgan fingerprint density at radius 2 is 1.41 bits per heavy atom. The van der Waals surface area contributed by atoms with E-state index in [1.807, 2.05) is 0 Å². The lowest BCUT2D eigenvalue weighted by Gasteiger charge is -2.56. The number of anilines is 1. The van der Waals surface area contributed by atoms with Crippen molar-refractivity contribution < 1.29 is 19.6 Å². The van der Waals surface area contributed by atoms with Gasteiger partial charge in [-0.15, -0.1) is 0 Å². The molecule has 6 rings (SSSR count). The first-order valence-electron chi connectivity index (χ1n) is 11.1. The maximum atomic E-state index is 13.0. The minimum absolute atomic E-state index is 0.162. The van der Waals surface area contributed by atoms with Crippen LogP contribution < -0.4 is 5.32 Å². The molecule has 4 bridgehead atoms. The van der Waals surface area contributed by atoms with Gasteiger partial charge in [-0.25, -0.2) is 0 Å². The molecular weight excluding hydrogens is 448 g/mol. The summed E-state index contributed by atoms with van der Waals surface area (Å²) in [6, 6.07) is 1.98. The number of aromatic nitrogens is 2. The quantitative estimate of drug-likeness (QED) is 0.484. The second-order valence-corrected chi connectivity index (χ2v) is 9.81. The van der Waals surface area contributed by atoms with Crippen molar-refractivity contribution in [3.05, 3.63) is 59.9 Å². The normalized spacial score (nSPS) is 26.9. The molecule has 13 nitrogen and oxygen atoms in total. The Labute approximate surface area is 192 Å². The molecule has 1 aromatic heterocycles. The van der Waals surface area contributed by atoms with Crippen molar-refractivity contribution in [3.63, 3.8) is 0 Å². The molecule has 4 aliphatic carbocycles. The molecule has 0 radical (unpaired) electrons. The molecule has 1 heterocycles. The van der Waals surface area contributed by atoms with Crippen molar-refractivity contribution in [2.24, 2.45) is 17.8 Å². The van der Waals surface area contributed by atoms with Gasteiger partial charge in [0.2, 0.25) is 5.69 Å². The van der Waals surface area contributed by atoms with E-state index in [-0.39, 0.29) is 16.8 Å². The van der Waals surface area contributed by atoms with Crippen LogP contribution in [0.3, 0.4) is 0 Å². The fraction of sp³-hybridized carbons (Fsp3) is 0.524. The van der Waals surface area contributed by atoms with E-state index in [0.29, 0.717) is 17.8 Å². The maximum Gasteiger partial charge on any atom is 0.320 e. The third-order valence-corrected chi connectivity index (χ3v) is 7.60. The summed E-state index contributed by atoms with van der Waals surface area (Å²) in [6.07, 6.45) is 7.42. The minimum Gasteiger partial charge on any atom is -0.320 e. The smallest absolute Gasteiger partial charge is 0.320 e. The highest BCUT2D eigenvalue weighted by atomic mass is 16.6. The summed E-state index contributed by atoms with van der Waals surface area (Å²) in [5.74, 6) is 0.712. The summed E-state index contributed by atoms with van der Waals surface area (Å²) in [5, 5.41) is 41.1. The predicted octanol–water partition coefficient (Wildman–Crippen LogP) is 4.09. The van der Waals surface area contributed by atoms with E-state index in [1.54, 1.807) is 4.68 Å². The molecule has 4 saturated carbocycles. The number of amides is 1. The van der Waals surface area contributed by atoms with Crippen molar-refractivity contribution in [2.45, 2.75) is 51.0 Å². The van der Waals surface area contributed by atoms with Crippen LogP contribution in [-0.4, -0.2) is 30.5 Å². The number of benzene rings is 1. The van der Waals surface area contributed by atoms with Crippen molar-refractivity contribution in [3.8, 4) is 0 Å². The molecule has 4 fully saturated rings. The molecule has 0 spiro atoms. The van der Waals surface area contributed by atoms with Crippen molar-refractivity contribution in [2.75, 3.05) is 5.32 Å². The molecule has 2 aromatic rings. The highest BCUT2D eigenvalue weighted by molar-refractivity contribution is 6.05. The fourth-order valence-electron chi connectivity index (χ4n) is 6.57. The van der Waals surface area contributed by atoms with Gasteiger partial charge < -0.3 is 5.32 Å². The van der Waals surface area contributed by atoms with Crippen LogP contribution >= 0.6 is 0 Å². The van der Waals surface area contributed by atoms with Crippen LogP contribution in [0.4, 0.5) is 22.7 Å². The van der Waals surface area contributed by atoms with Gasteiger partial charge in [-0.1, -0.05) is 0 Å². The minimum atomic E-state index is -0.956. The van der Waals surface area contributed by atoms with Gasteiger partial charge in [0, 0.05) is 12.1 Å². The standard InChI is InChI=1S/C21H22N6O7/c1-11-16(25(29)30)5-15(6-17(11)26(31)32)22-20(28)19-18(27(33)34)10-24(23-19)21-7-12-2-13(8-21)4-14(3-12)9-21/h5-6,10,12-14H,2-4,7-9H2,1H3,(H,22,28). The average Bonchev–Trinajstić information content (AvgIpc) is 3.20. The van der Waals surface area contributed by atoms with Gasteiger partial charge in [0.15, 0.2) is 0 Å². The van der Waals surface area contributed by atoms with Gasteiger partial charge >= 0.3 is 5.69 Å². The molecular formula is C21H22N6O7. The molecule has 0 aliphatic heterocycles. The Hall–Kier alpha value is -3.90. The number of rotatable bonds is 6. The van der Waals surface area contributed by atoms with Gasteiger partial charge in [0.1, 0.15) is 11.8 Å². The van der Waals surface area contributed by atoms with Crippen LogP contribution in [0.1, 0.15) is 54.6 Å². The molecule has 0 atom stereocenters. The van der Waals surface area contributed by atoms with E-state index < -0.39 is 43.4 Å². The van der Waals surface area contributed by atoms with Gasteiger partial charge in [0.25, 0.3) is 17.3 Å². The first-order valence-corrected chi connectivity index (χ1v) is 11.1. The van der Waals surface area contributed by atoms with E-state index in [1.165, 1.54) is 32.4 Å². The number of nitro benzene ring substituents is 2. The lowest BCUT2D eigenvalue weighted by molar-refractivity contribution is -0.395. The first kappa shape index (κ1) is 21.9. The largest absolute Gasteiger partial charge is 0.320 e. The Kier molecular flexibility index (Phi) is 4.88. The van der Waals surface area contributed by atoms with Gasteiger partial charge in [-0.2, -0.15) is 5.10 Å². The van der Waals surface area contributed by atoms with Gasteiger partial charge in [-0.05, 0) is 63.2 Å². The number of nitrogens with zero attached hydrogens (tertiary/aromatic N) is 5. The third-order valence-electron chi connectivity index (χ3n) is 7.60. The van der Waals surface area contributed by atoms with Crippen LogP contribution in [0.5, 0.6) is 0 Å². The van der Waals surface area contributed by atoms with E-state index >= 15 is 0 Å². The third kappa shape index (κ3) is 3.47. The summed E-state index contributed by atoms with van der Waals surface area (Å²) >= 11 is 0. The Morgan fingerprint density at radius 1 is 0.941 bits per heavy atom. The zero-order chi connectivity index (χ0) is 24.4. The molecule has 0 unspecified atom stereocenters. The average molecular weight is 470 g/mol. The summed E-state index contributed by atoms with van der Waals surface area (Å²) in [5.41, 5.74) is -2.70. The van der Waals surface area contributed by atoms with Gasteiger partial charge in [0.05, 0.1) is 26.0 Å². The fourth-order valence-corrected chi connectivity index (χ4v) is 6.57. The molecule has 4 aliphatic rings. The van der Waals surface area contributed by atoms with E-state index in [9.17, 15) is 35.1 Å². The molecule has 0 saturated heterocycles. The van der Waals surface area contributed by atoms with Crippen molar-refractivity contribution >= 4 is 28.7 Å². The Bertz CT molecular complexity index is 1180. The summed E-state index contributed by atoms with van der Waals surface area (Å²) in [4.78, 5) is 45.1. The van der Waals surface area contributed by atoms with Crippen molar-refractivity contribution in [1.29, 1.82) is 0 Å². The number of carbonyl (C=O) groups excluding carboxylic acids is 1. The molecule has 1 aromatic carbocycles. The number of carbonyl (C=O) groups is 1. The van der Waals surface area contributed by atoms with Gasteiger partial charge in [-0.3, -0.25) is 39.8 Å². The van der Waals surface area contributed by atoms with Crippen LogP contribution in [0, 0.1) is 55.0 Å².